The number of benzene rings is 1. The van der Waals surface area contributed by atoms with E-state index in [0.29, 0.717) is 23.9 Å². The minimum atomic E-state index is -0.252. The van der Waals surface area contributed by atoms with Gasteiger partial charge in [-0.3, -0.25) is 9.59 Å². The number of amides is 2. The highest BCUT2D eigenvalue weighted by molar-refractivity contribution is 6.31. The van der Waals surface area contributed by atoms with Gasteiger partial charge in [-0.1, -0.05) is 29.8 Å². The summed E-state index contributed by atoms with van der Waals surface area (Å²) in [7, 11) is 1.52. The van der Waals surface area contributed by atoms with Crippen LogP contribution in [-0.2, 0) is 20.9 Å². The van der Waals surface area contributed by atoms with Crippen LogP contribution in [0.25, 0.3) is 0 Å². The van der Waals surface area contributed by atoms with Crippen LogP contribution in [0.4, 0.5) is 0 Å². The Morgan fingerprint density at radius 2 is 2.00 bits per heavy atom. The van der Waals surface area contributed by atoms with Crippen LogP contribution in [0.5, 0.6) is 0 Å². The maximum Gasteiger partial charge on any atom is 0.242 e. The first-order valence-electron chi connectivity index (χ1n) is 6.84. The summed E-state index contributed by atoms with van der Waals surface area (Å²) in [5.41, 5.74) is 3.74. The summed E-state index contributed by atoms with van der Waals surface area (Å²) in [4.78, 5) is 23.1. The van der Waals surface area contributed by atoms with Crippen molar-refractivity contribution in [3.05, 3.63) is 34.9 Å². The van der Waals surface area contributed by atoms with E-state index in [2.05, 4.69) is 15.8 Å². The number of hydrogen-bond acceptors (Lipinski definition) is 4. The number of hydrazone groups is 1. The molecule has 2 N–H and O–H groups in total. The zero-order chi connectivity index (χ0) is 16.4. The minimum absolute atomic E-state index is 0.106. The molecule has 0 bridgehead atoms. The van der Waals surface area contributed by atoms with Gasteiger partial charge in [-0.05, 0) is 18.6 Å². The van der Waals surface area contributed by atoms with Crippen molar-refractivity contribution in [3.8, 4) is 0 Å². The number of nitrogens with zero attached hydrogens (tertiary/aromatic N) is 1. The highest BCUT2D eigenvalue weighted by Gasteiger charge is 2.06. The topological polar surface area (TPSA) is 79.8 Å². The first-order chi connectivity index (χ1) is 10.5. The van der Waals surface area contributed by atoms with Crippen LogP contribution in [0.15, 0.2) is 29.4 Å². The fourth-order valence-electron chi connectivity index (χ4n) is 1.58. The summed E-state index contributed by atoms with van der Waals surface area (Å²) >= 11 is 6.01. The molecule has 0 radical (unpaired) electrons. The van der Waals surface area contributed by atoms with Crippen LogP contribution in [0.1, 0.15) is 25.3 Å². The molecule has 0 spiro atoms. The van der Waals surface area contributed by atoms with Crippen LogP contribution in [0.3, 0.4) is 0 Å². The third-order valence-electron chi connectivity index (χ3n) is 2.75. The number of rotatable bonds is 8. The number of hydrogen-bond donors (Lipinski definition) is 2. The van der Waals surface area contributed by atoms with E-state index in [0.717, 1.165) is 5.56 Å². The van der Waals surface area contributed by atoms with Gasteiger partial charge in [0.15, 0.2) is 0 Å². The number of halogens is 1. The van der Waals surface area contributed by atoms with Crippen LogP contribution >= 0.6 is 11.6 Å². The molecule has 6 nitrogen and oxygen atoms in total. The molecule has 0 heterocycles. The van der Waals surface area contributed by atoms with Gasteiger partial charge in [0.25, 0.3) is 0 Å². The molecule has 1 rings (SSSR count). The minimum Gasteiger partial charge on any atom is -0.384 e. The maximum absolute atomic E-state index is 11.8. The first-order valence-corrected chi connectivity index (χ1v) is 7.21. The molecule has 7 heteroatoms. The van der Waals surface area contributed by atoms with Crippen molar-refractivity contribution < 1.29 is 14.3 Å². The Bertz CT molecular complexity index is 547. The summed E-state index contributed by atoms with van der Waals surface area (Å²) in [5.74, 6) is -0.440. The molecule has 0 atom stereocenters. The van der Waals surface area contributed by atoms with Gasteiger partial charge in [0.05, 0.1) is 19.4 Å². The predicted molar refractivity (Wildman–Crippen MR) is 85.7 cm³/mol. The molecule has 0 aromatic heterocycles. The van der Waals surface area contributed by atoms with E-state index in [1.54, 1.807) is 13.0 Å². The van der Waals surface area contributed by atoms with Gasteiger partial charge >= 0.3 is 0 Å². The Balaban J connectivity index is 2.35. The van der Waals surface area contributed by atoms with Gasteiger partial charge in [0.2, 0.25) is 11.8 Å². The van der Waals surface area contributed by atoms with Gasteiger partial charge < -0.3 is 10.1 Å². The average Bonchev–Trinajstić information content (AvgIpc) is 2.50. The Kier molecular flexibility index (Phi) is 8.17. The monoisotopic (exact) mass is 325 g/mol. The van der Waals surface area contributed by atoms with Crippen molar-refractivity contribution in [2.45, 2.75) is 26.3 Å². The Hall–Kier alpha value is -1.92. The first kappa shape index (κ1) is 18.1. The van der Waals surface area contributed by atoms with E-state index >= 15 is 0 Å². The highest BCUT2D eigenvalue weighted by atomic mass is 35.5. The van der Waals surface area contributed by atoms with E-state index in [1.165, 1.54) is 7.11 Å². The normalized spacial score (nSPS) is 11.1. The zero-order valence-corrected chi connectivity index (χ0v) is 13.4. The summed E-state index contributed by atoms with van der Waals surface area (Å²) in [6, 6.07) is 7.30. The molecule has 0 aliphatic carbocycles. The summed E-state index contributed by atoms with van der Waals surface area (Å²) in [6.45, 7) is 2.36. The van der Waals surface area contributed by atoms with Gasteiger partial charge in [0, 0.05) is 24.4 Å². The van der Waals surface area contributed by atoms with E-state index in [1.807, 2.05) is 18.2 Å². The summed E-state index contributed by atoms with van der Waals surface area (Å²) in [6.07, 6.45) is 0.334. The fourth-order valence-corrected chi connectivity index (χ4v) is 1.78. The summed E-state index contributed by atoms with van der Waals surface area (Å²) in [5, 5.41) is 7.23. The van der Waals surface area contributed by atoms with Crippen molar-refractivity contribution in [2.75, 3.05) is 13.7 Å². The van der Waals surface area contributed by atoms with Crippen molar-refractivity contribution in [2.24, 2.45) is 5.10 Å². The number of ether oxygens (including phenoxy) is 1. The zero-order valence-electron chi connectivity index (χ0n) is 12.7. The van der Waals surface area contributed by atoms with E-state index in [4.69, 9.17) is 16.3 Å². The maximum atomic E-state index is 11.8. The molecule has 0 aliphatic heterocycles. The van der Waals surface area contributed by atoms with Gasteiger partial charge in [-0.25, -0.2) is 5.43 Å². The molecule has 0 aliphatic rings. The second-order valence-corrected chi connectivity index (χ2v) is 5.08. The Morgan fingerprint density at radius 1 is 1.27 bits per heavy atom. The third kappa shape index (κ3) is 7.19. The number of carbonyl (C=O) groups excluding carboxylic acids is 2. The SMILES string of the molecule is COCCC(=O)N/N=C(\C)CC(=O)NCc1ccccc1Cl. The second kappa shape index (κ2) is 9.92. The van der Waals surface area contributed by atoms with Gasteiger partial charge in [0.1, 0.15) is 0 Å². The third-order valence-corrected chi connectivity index (χ3v) is 3.12. The quantitative estimate of drug-likeness (QED) is 0.565. The van der Waals surface area contributed by atoms with E-state index in [9.17, 15) is 9.59 Å². The molecule has 22 heavy (non-hydrogen) atoms. The van der Waals surface area contributed by atoms with Crippen molar-refractivity contribution in [1.29, 1.82) is 0 Å². The van der Waals surface area contributed by atoms with Crippen molar-refractivity contribution in [3.63, 3.8) is 0 Å². The largest absolute Gasteiger partial charge is 0.384 e. The highest BCUT2D eigenvalue weighted by Crippen LogP contribution is 2.14. The predicted octanol–water partition coefficient (Wildman–Crippen LogP) is 1.87. The average molecular weight is 326 g/mol. The van der Waals surface area contributed by atoms with Crippen LogP contribution in [-0.4, -0.2) is 31.2 Å². The molecule has 2 amide bonds. The van der Waals surface area contributed by atoms with Crippen molar-refractivity contribution in [1.82, 2.24) is 10.7 Å². The lowest BCUT2D eigenvalue weighted by atomic mass is 10.2. The molecular formula is C15H20ClN3O3. The molecule has 1 aromatic carbocycles. The Morgan fingerprint density at radius 3 is 2.68 bits per heavy atom. The van der Waals surface area contributed by atoms with Crippen LogP contribution < -0.4 is 10.7 Å². The number of carbonyl (C=O) groups is 2. The lowest BCUT2D eigenvalue weighted by Gasteiger charge is -2.07. The van der Waals surface area contributed by atoms with Gasteiger partial charge in [-0.15, -0.1) is 0 Å². The molecule has 0 saturated heterocycles. The number of methoxy groups -OCH3 is 1. The second-order valence-electron chi connectivity index (χ2n) is 4.67. The molecule has 0 fully saturated rings. The smallest absolute Gasteiger partial charge is 0.242 e. The molecule has 1 aromatic rings. The number of nitrogens with one attached hydrogen (secondary N) is 2. The summed E-state index contributed by atoms with van der Waals surface area (Å²) < 4.78 is 4.78. The van der Waals surface area contributed by atoms with Crippen LogP contribution in [0.2, 0.25) is 5.02 Å². The van der Waals surface area contributed by atoms with Crippen molar-refractivity contribution >= 4 is 29.1 Å². The Labute approximate surface area is 134 Å². The van der Waals surface area contributed by atoms with E-state index < -0.39 is 0 Å². The van der Waals surface area contributed by atoms with E-state index in [-0.39, 0.29) is 24.7 Å². The lowest BCUT2D eigenvalue weighted by molar-refractivity contribution is -0.122. The molecular weight excluding hydrogens is 306 g/mol. The molecule has 120 valence electrons. The fraction of sp³-hybridized carbons (Fsp3) is 0.400. The lowest BCUT2D eigenvalue weighted by Crippen LogP contribution is -2.26. The van der Waals surface area contributed by atoms with Crippen LogP contribution in [0, 0.1) is 0 Å². The molecule has 0 unspecified atom stereocenters. The standard InChI is InChI=1S/C15H20ClN3O3/c1-11(18-19-14(20)7-8-22-2)9-15(21)17-10-12-5-3-4-6-13(12)16/h3-6H,7-10H2,1-2H3,(H,17,21)(H,19,20)/b18-11+. The van der Waals surface area contributed by atoms with Gasteiger partial charge in [-0.2, -0.15) is 5.10 Å². The molecule has 0 saturated carbocycles.